The van der Waals surface area contributed by atoms with Gasteiger partial charge in [0.2, 0.25) is 11.8 Å². The van der Waals surface area contributed by atoms with Gasteiger partial charge in [-0.2, -0.15) is 0 Å². The van der Waals surface area contributed by atoms with Crippen molar-refractivity contribution in [1.29, 1.82) is 0 Å². The average molecular weight is 628 g/mol. The number of phenols is 1. The van der Waals surface area contributed by atoms with Crippen LogP contribution in [0.4, 0.5) is 5.69 Å². The first-order chi connectivity index (χ1) is 21.2. The van der Waals surface area contributed by atoms with E-state index in [-0.39, 0.29) is 55.1 Å². The van der Waals surface area contributed by atoms with Crippen LogP contribution in [0.5, 0.6) is 5.75 Å². The predicted molar refractivity (Wildman–Crippen MR) is 163 cm³/mol. The number of nitrogens with one attached hydrogen (secondary N) is 1. The average Bonchev–Trinajstić information content (AvgIpc) is 2.99. The number of esters is 1. The van der Waals surface area contributed by atoms with E-state index in [1.165, 1.54) is 13.2 Å². The number of fused-ring (bicyclic) bond motifs is 1. The Morgan fingerprint density at radius 1 is 1.07 bits per heavy atom. The first kappa shape index (κ1) is 35.3. The molecule has 3 rings (SSSR count). The van der Waals surface area contributed by atoms with E-state index in [0.717, 1.165) is 0 Å². The van der Waals surface area contributed by atoms with E-state index in [0.29, 0.717) is 22.4 Å². The summed E-state index contributed by atoms with van der Waals surface area (Å²) in [4.78, 5) is 63.0. The molecule has 4 atom stereocenters. The molecular formula is C32H41N3O10. The van der Waals surface area contributed by atoms with Crippen LogP contribution in [0.1, 0.15) is 48.0 Å². The summed E-state index contributed by atoms with van der Waals surface area (Å²) in [5.41, 5.74) is 5.31. The maximum atomic E-state index is 13.4. The lowest BCUT2D eigenvalue weighted by molar-refractivity contribution is -0.157. The van der Waals surface area contributed by atoms with Crippen molar-refractivity contribution in [3.05, 3.63) is 47.5 Å². The van der Waals surface area contributed by atoms with Crippen LogP contribution < -0.4 is 11.1 Å². The summed E-state index contributed by atoms with van der Waals surface area (Å²) in [6.45, 7) is -1.51. The van der Waals surface area contributed by atoms with E-state index >= 15 is 0 Å². The van der Waals surface area contributed by atoms with Gasteiger partial charge in [-0.05, 0) is 67.7 Å². The molecule has 0 bridgehead atoms. The van der Waals surface area contributed by atoms with E-state index in [1.807, 2.05) is 0 Å². The Morgan fingerprint density at radius 2 is 1.73 bits per heavy atom. The molecule has 2 amide bonds. The molecule has 0 spiro atoms. The summed E-state index contributed by atoms with van der Waals surface area (Å²) in [6, 6.07) is 9.07. The van der Waals surface area contributed by atoms with Crippen molar-refractivity contribution < 1.29 is 49.1 Å². The highest BCUT2D eigenvalue weighted by Gasteiger charge is 2.49. The Bertz CT molecular complexity index is 1430. The second-order valence-corrected chi connectivity index (χ2v) is 11.6. The monoisotopic (exact) mass is 627 g/mol. The predicted octanol–water partition coefficient (Wildman–Crippen LogP) is 0.793. The summed E-state index contributed by atoms with van der Waals surface area (Å²) in [5, 5.41) is 45.2. The van der Waals surface area contributed by atoms with Crippen LogP contribution >= 0.6 is 0 Å². The third-order valence-corrected chi connectivity index (χ3v) is 8.37. The molecule has 0 saturated carbocycles. The third-order valence-electron chi connectivity index (χ3n) is 8.37. The first-order valence-electron chi connectivity index (χ1n) is 14.5. The fraction of sp³-hybridized carbons (Fsp3) is 0.469. The molecule has 13 heteroatoms. The molecule has 7 N–H and O–H groups in total. The Balaban J connectivity index is 1.94. The van der Waals surface area contributed by atoms with Gasteiger partial charge < -0.3 is 41.1 Å². The molecule has 0 radical (unpaired) electrons. The number of rotatable bonds is 15. The molecule has 0 saturated heterocycles. The van der Waals surface area contributed by atoms with Crippen LogP contribution in [0, 0.1) is 11.8 Å². The largest absolute Gasteiger partial charge is 0.507 e. The number of nitrogens with zero attached hydrogens (tertiary/aromatic N) is 1. The molecule has 0 aromatic heterocycles. The van der Waals surface area contributed by atoms with Gasteiger partial charge >= 0.3 is 5.97 Å². The van der Waals surface area contributed by atoms with Crippen molar-refractivity contribution in [2.24, 2.45) is 17.6 Å². The molecule has 0 fully saturated rings. The maximum absolute atomic E-state index is 13.4. The molecule has 45 heavy (non-hydrogen) atoms. The van der Waals surface area contributed by atoms with Crippen LogP contribution in [-0.2, 0) is 30.3 Å². The number of hydrogen-bond acceptors (Lipinski definition) is 11. The van der Waals surface area contributed by atoms with Crippen molar-refractivity contribution in [2.75, 3.05) is 39.7 Å². The van der Waals surface area contributed by atoms with Gasteiger partial charge in [0.05, 0.1) is 38.7 Å². The highest BCUT2D eigenvalue weighted by atomic mass is 16.5. The molecule has 0 heterocycles. The van der Waals surface area contributed by atoms with Crippen LogP contribution in [-0.4, -0.2) is 101 Å². The molecule has 2 aromatic rings. The van der Waals surface area contributed by atoms with E-state index in [1.54, 1.807) is 49.3 Å². The number of amides is 2. The number of aliphatic hydroxyl groups excluding tert-OH is 2. The SMILES string of the molecule is COC(=O)CCC(=O)Nc1ccc(-c2ccc(O)c3c2C[C@@H](C[C@@H]([C@@H](CO)N(C)C)[C@](O)(CO)C(=O)CC(N)=O)CC3=O)cc1. The van der Waals surface area contributed by atoms with E-state index in [9.17, 15) is 44.4 Å². The molecule has 244 valence electrons. The van der Waals surface area contributed by atoms with Gasteiger partial charge in [-0.15, -0.1) is 0 Å². The smallest absolute Gasteiger partial charge is 0.306 e. The number of anilines is 1. The molecular weight excluding hydrogens is 586 g/mol. The number of carbonyl (C=O) groups excluding carboxylic acids is 5. The molecule has 0 aliphatic heterocycles. The normalized spacial score (nSPS) is 17.1. The van der Waals surface area contributed by atoms with Gasteiger partial charge in [-0.25, -0.2) is 0 Å². The third kappa shape index (κ3) is 8.31. The van der Waals surface area contributed by atoms with E-state index in [4.69, 9.17) is 5.73 Å². The highest BCUT2D eigenvalue weighted by molar-refractivity contribution is 6.03. The van der Waals surface area contributed by atoms with Crippen molar-refractivity contribution in [3.8, 4) is 16.9 Å². The lowest BCUT2D eigenvalue weighted by atomic mass is 9.69. The second-order valence-electron chi connectivity index (χ2n) is 11.6. The Hall–Kier alpha value is -4.17. The lowest BCUT2D eigenvalue weighted by Gasteiger charge is -2.42. The fourth-order valence-corrected chi connectivity index (χ4v) is 6.00. The summed E-state index contributed by atoms with van der Waals surface area (Å²) < 4.78 is 4.55. The van der Waals surface area contributed by atoms with Gasteiger partial charge in [-0.1, -0.05) is 18.2 Å². The van der Waals surface area contributed by atoms with Gasteiger partial charge in [-0.3, -0.25) is 24.0 Å². The molecule has 1 aliphatic carbocycles. The number of benzene rings is 2. The summed E-state index contributed by atoms with van der Waals surface area (Å²) in [6.07, 6.45) is -0.681. The van der Waals surface area contributed by atoms with Crippen LogP contribution in [0.3, 0.4) is 0 Å². The first-order valence-corrected chi connectivity index (χ1v) is 14.5. The number of likely N-dealkylation sites (N-methyl/N-ethyl adjacent to an activating group) is 1. The van der Waals surface area contributed by atoms with Crippen molar-refractivity contribution in [2.45, 2.75) is 50.2 Å². The molecule has 2 aromatic carbocycles. The topological polar surface area (TPSA) is 217 Å². The van der Waals surface area contributed by atoms with Crippen LogP contribution in [0.2, 0.25) is 0 Å². The minimum absolute atomic E-state index is 0.0157. The Labute approximate surface area is 261 Å². The minimum Gasteiger partial charge on any atom is -0.507 e. The number of aliphatic hydroxyl groups is 3. The zero-order chi connectivity index (χ0) is 33.5. The minimum atomic E-state index is -2.42. The quantitative estimate of drug-likeness (QED) is 0.120. The number of hydrogen-bond donors (Lipinski definition) is 6. The van der Waals surface area contributed by atoms with Crippen LogP contribution in [0.15, 0.2) is 36.4 Å². The zero-order valence-corrected chi connectivity index (χ0v) is 25.6. The molecule has 13 nitrogen and oxygen atoms in total. The fourth-order valence-electron chi connectivity index (χ4n) is 6.00. The number of Topliss-reactive ketones (excluding diaryl/α,β-unsaturated/α-hetero) is 2. The Morgan fingerprint density at radius 3 is 2.29 bits per heavy atom. The lowest BCUT2D eigenvalue weighted by Crippen LogP contribution is -2.58. The number of aromatic hydroxyl groups is 1. The number of ketones is 2. The Kier molecular flexibility index (Phi) is 11.9. The highest BCUT2D eigenvalue weighted by Crippen LogP contribution is 2.42. The van der Waals surface area contributed by atoms with Crippen LogP contribution in [0.25, 0.3) is 11.1 Å². The molecule has 0 unspecified atom stereocenters. The number of ether oxygens (including phenoxy) is 1. The van der Waals surface area contributed by atoms with E-state index in [2.05, 4.69) is 10.1 Å². The van der Waals surface area contributed by atoms with Gasteiger partial charge in [0.25, 0.3) is 0 Å². The van der Waals surface area contributed by atoms with Gasteiger partial charge in [0.1, 0.15) is 5.75 Å². The number of methoxy groups -OCH3 is 1. The summed E-state index contributed by atoms with van der Waals surface area (Å²) in [7, 11) is 4.51. The standard InChI is InChI=1S/C32H41N3O10/c1-35(2)24(16-36)23(32(44,17-37)27(40)15-28(33)41)13-18-12-22-21(8-9-25(38)31(22)26(39)14-18)19-4-6-20(7-5-19)34-29(42)10-11-30(43)45-3/h4-9,18,23-24,36-38,44H,10-17H2,1-3H3,(H2,33,41)(H,34,42)/t18-,23-,24+,32+/m0/s1. The molecule has 1 aliphatic rings. The van der Waals surface area contributed by atoms with Gasteiger partial charge in [0, 0.05) is 30.5 Å². The number of carbonyl (C=O) groups is 5. The number of primary amides is 1. The van der Waals surface area contributed by atoms with Crippen molar-refractivity contribution in [3.63, 3.8) is 0 Å². The zero-order valence-electron chi connectivity index (χ0n) is 25.6. The van der Waals surface area contributed by atoms with Crippen molar-refractivity contribution in [1.82, 2.24) is 4.90 Å². The summed E-state index contributed by atoms with van der Waals surface area (Å²) in [5.74, 6) is -4.93. The second kappa shape index (κ2) is 15.2. The maximum Gasteiger partial charge on any atom is 0.306 e. The van der Waals surface area contributed by atoms with E-state index < -0.39 is 60.8 Å². The number of nitrogens with two attached hydrogens (primary N) is 1. The summed E-state index contributed by atoms with van der Waals surface area (Å²) >= 11 is 0. The van der Waals surface area contributed by atoms with Crippen molar-refractivity contribution >= 4 is 35.0 Å². The number of phenolic OH excluding ortho intramolecular Hbond substituents is 1. The van der Waals surface area contributed by atoms with Gasteiger partial charge in [0.15, 0.2) is 17.2 Å².